The van der Waals surface area contributed by atoms with Crippen molar-refractivity contribution in [3.8, 4) is 0 Å². The lowest BCUT2D eigenvalue weighted by molar-refractivity contribution is 0.306. The number of likely N-dealkylation sites (N-methyl/N-ethyl adjacent to an activating group) is 1. The molecule has 2 rings (SSSR count). The smallest absolute Gasteiger partial charge is 0.193 e. The lowest BCUT2D eigenvalue weighted by Gasteiger charge is -2.23. The highest BCUT2D eigenvalue weighted by molar-refractivity contribution is 5.92. The van der Waals surface area contributed by atoms with E-state index in [0.29, 0.717) is 18.4 Å². The van der Waals surface area contributed by atoms with Crippen molar-refractivity contribution in [1.29, 1.82) is 0 Å². The molecule has 0 aliphatic heterocycles. The first-order chi connectivity index (χ1) is 11.9. The lowest BCUT2D eigenvalue weighted by atomic mass is 10.0. The van der Waals surface area contributed by atoms with Crippen LogP contribution in [0.2, 0.25) is 0 Å². The van der Waals surface area contributed by atoms with E-state index >= 15 is 0 Å². The number of halogens is 1. The molecule has 25 heavy (non-hydrogen) atoms. The summed E-state index contributed by atoms with van der Waals surface area (Å²) >= 11 is 0. The number of guanidine groups is 1. The third kappa shape index (κ3) is 5.57. The van der Waals surface area contributed by atoms with Gasteiger partial charge in [-0.2, -0.15) is 0 Å². The molecule has 0 heterocycles. The molecule has 0 bridgehead atoms. The molecule has 0 spiro atoms. The van der Waals surface area contributed by atoms with Crippen LogP contribution in [0.15, 0.2) is 53.5 Å². The molecule has 1 atom stereocenters. The number of aliphatic imine (C=N–C) groups is 1. The summed E-state index contributed by atoms with van der Waals surface area (Å²) in [4.78, 5) is 6.45. The number of anilines is 1. The van der Waals surface area contributed by atoms with Gasteiger partial charge in [0.15, 0.2) is 5.96 Å². The summed E-state index contributed by atoms with van der Waals surface area (Å²) in [6.45, 7) is 4.74. The van der Waals surface area contributed by atoms with E-state index in [1.54, 1.807) is 6.07 Å². The zero-order chi connectivity index (χ0) is 18.4. The molecule has 0 saturated carbocycles. The fourth-order valence-corrected chi connectivity index (χ4v) is 2.63. The summed E-state index contributed by atoms with van der Waals surface area (Å²) < 4.78 is 13.5. The maximum atomic E-state index is 13.5. The maximum Gasteiger partial charge on any atom is 0.193 e. The topological polar surface area (TPSA) is 53.6 Å². The number of hydrogen-bond acceptors (Lipinski definition) is 2. The zero-order valence-corrected chi connectivity index (χ0v) is 15.3. The largest absolute Gasteiger partial charge is 0.370 e. The van der Waals surface area contributed by atoms with E-state index in [0.717, 1.165) is 11.3 Å². The summed E-state index contributed by atoms with van der Waals surface area (Å²) in [6, 6.07) is 14.7. The van der Waals surface area contributed by atoms with Gasteiger partial charge in [-0.3, -0.25) is 4.99 Å². The van der Waals surface area contributed by atoms with Gasteiger partial charge in [0, 0.05) is 5.69 Å². The van der Waals surface area contributed by atoms with Gasteiger partial charge in [0.05, 0.1) is 12.6 Å². The van der Waals surface area contributed by atoms with Crippen LogP contribution in [0.25, 0.3) is 0 Å². The summed E-state index contributed by atoms with van der Waals surface area (Å²) in [5, 5.41) is 3.13. The maximum absolute atomic E-state index is 13.5. The normalized spacial score (nSPS) is 13.3. The summed E-state index contributed by atoms with van der Waals surface area (Å²) in [6.07, 6.45) is 0. The van der Waals surface area contributed by atoms with Gasteiger partial charge < -0.3 is 16.0 Å². The van der Waals surface area contributed by atoms with Gasteiger partial charge in [-0.1, -0.05) is 38.1 Å². The van der Waals surface area contributed by atoms with E-state index in [1.807, 2.05) is 37.2 Å². The minimum atomic E-state index is -0.245. The van der Waals surface area contributed by atoms with Gasteiger partial charge >= 0.3 is 0 Å². The Kier molecular flexibility index (Phi) is 6.53. The van der Waals surface area contributed by atoms with Crippen molar-refractivity contribution in [2.75, 3.05) is 26.0 Å². The summed E-state index contributed by atoms with van der Waals surface area (Å²) in [5.41, 5.74) is 9.07. The molecule has 0 amide bonds. The first-order valence-electron chi connectivity index (χ1n) is 8.45. The Labute approximate surface area is 149 Å². The fourth-order valence-electron chi connectivity index (χ4n) is 2.63. The highest BCUT2D eigenvalue weighted by atomic mass is 19.1. The molecule has 0 aromatic heterocycles. The molecule has 0 saturated heterocycles. The summed E-state index contributed by atoms with van der Waals surface area (Å²) in [7, 11) is 3.89. The zero-order valence-electron chi connectivity index (χ0n) is 15.3. The monoisotopic (exact) mass is 342 g/mol. The minimum absolute atomic E-state index is 0.0435. The minimum Gasteiger partial charge on any atom is -0.370 e. The molecule has 2 aromatic rings. The first-order valence-corrected chi connectivity index (χ1v) is 8.45. The molecule has 2 aromatic carbocycles. The molecule has 1 unspecified atom stereocenters. The number of nitrogens with two attached hydrogens (primary N) is 1. The summed E-state index contributed by atoms with van der Waals surface area (Å²) in [5.74, 6) is 0.556. The molecule has 3 N–H and O–H groups in total. The fraction of sp³-hybridized carbons (Fsp3) is 0.350. The van der Waals surface area contributed by atoms with Crippen molar-refractivity contribution >= 4 is 11.6 Å². The van der Waals surface area contributed by atoms with Crippen LogP contribution in [0.4, 0.5) is 10.1 Å². The predicted molar refractivity (Wildman–Crippen MR) is 103 cm³/mol. The van der Waals surface area contributed by atoms with Crippen LogP contribution in [-0.4, -0.2) is 31.5 Å². The second-order valence-electron chi connectivity index (χ2n) is 6.67. The molecule has 134 valence electrons. The number of benzene rings is 2. The Morgan fingerprint density at radius 2 is 1.80 bits per heavy atom. The molecule has 0 aliphatic rings. The number of nitrogens with zero attached hydrogens (tertiary/aromatic N) is 2. The van der Waals surface area contributed by atoms with Gasteiger partial charge in [-0.15, -0.1) is 0 Å². The highest BCUT2D eigenvalue weighted by Gasteiger charge is 2.14. The third-order valence-electron chi connectivity index (χ3n) is 4.12. The van der Waals surface area contributed by atoms with Crippen LogP contribution in [0, 0.1) is 5.82 Å². The first kappa shape index (κ1) is 18.9. The second-order valence-corrected chi connectivity index (χ2v) is 6.67. The van der Waals surface area contributed by atoms with Gasteiger partial charge in [0.2, 0.25) is 0 Å². The molecule has 4 nitrogen and oxygen atoms in total. The van der Waals surface area contributed by atoms with E-state index in [4.69, 9.17) is 5.73 Å². The number of rotatable bonds is 6. The van der Waals surface area contributed by atoms with E-state index in [1.165, 1.54) is 17.7 Å². The average molecular weight is 342 g/mol. The van der Waals surface area contributed by atoms with Crippen molar-refractivity contribution in [2.45, 2.75) is 25.8 Å². The van der Waals surface area contributed by atoms with E-state index < -0.39 is 0 Å². The highest BCUT2D eigenvalue weighted by Crippen LogP contribution is 2.20. The third-order valence-corrected chi connectivity index (χ3v) is 4.12. The quantitative estimate of drug-likeness (QED) is 0.617. The molecule has 0 aliphatic carbocycles. The Bertz CT molecular complexity index is 725. The van der Waals surface area contributed by atoms with E-state index in [-0.39, 0.29) is 11.9 Å². The molecular weight excluding hydrogens is 315 g/mol. The van der Waals surface area contributed by atoms with Crippen LogP contribution in [0.5, 0.6) is 0 Å². The van der Waals surface area contributed by atoms with Crippen LogP contribution in [-0.2, 0) is 0 Å². The second kappa shape index (κ2) is 8.62. The van der Waals surface area contributed by atoms with Gasteiger partial charge in [-0.25, -0.2) is 4.39 Å². The lowest BCUT2D eigenvalue weighted by Crippen LogP contribution is -2.27. The molecule has 5 heteroatoms. The van der Waals surface area contributed by atoms with Crippen molar-refractivity contribution in [3.63, 3.8) is 0 Å². The van der Waals surface area contributed by atoms with Gasteiger partial charge in [-0.05, 0) is 55.4 Å². The molecule has 0 fully saturated rings. The van der Waals surface area contributed by atoms with E-state index in [2.05, 4.69) is 36.3 Å². The SMILES string of the molecule is CC(C)c1cccc(NC(N)=NCC(c2cccc(F)c2)N(C)C)c1. The standard InChI is InChI=1S/C20H27FN4/c1-14(2)15-7-6-10-18(12-15)24-20(22)23-13-19(25(3)4)16-8-5-9-17(21)11-16/h5-12,14,19H,13H2,1-4H3,(H3,22,23,24). The Morgan fingerprint density at radius 1 is 1.12 bits per heavy atom. The Balaban J connectivity index is 2.09. The van der Waals surface area contributed by atoms with Gasteiger partial charge in [0.25, 0.3) is 0 Å². The Hall–Kier alpha value is -2.40. The molecule has 0 radical (unpaired) electrons. The van der Waals surface area contributed by atoms with Gasteiger partial charge in [0.1, 0.15) is 5.82 Å². The van der Waals surface area contributed by atoms with Crippen molar-refractivity contribution in [2.24, 2.45) is 10.7 Å². The average Bonchev–Trinajstić information content (AvgIpc) is 2.55. The van der Waals surface area contributed by atoms with Crippen LogP contribution in [0.1, 0.15) is 36.9 Å². The van der Waals surface area contributed by atoms with Crippen LogP contribution >= 0.6 is 0 Å². The molecular formula is C20H27FN4. The number of hydrogen-bond donors (Lipinski definition) is 2. The predicted octanol–water partition coefficient (Wildman–Crippen LogP) is 3.98. The van der Waals surface area contributed by atoms with Crippen molar-refractivity contribution in [1.82, 2.24) is 4.90 Å². The number of nitrogens with one attached hydrogen (secondary N) is 1. The van der Waals surface area contributed by atoms with Crippen molar-refractivity contribution in [3.05, 3.63) is 65.5 Å². The van der Waals surface area contributed by atoms with Crippen molar-refractivity contribution < 1.29 is 4.39 Å². The Morgan fingerprint density at radius 3 is 2.44 bits per heavy atom. The van der Waals surface area contributed by atoms with E-state index in [9.17, 15) is 4.39 Å². The van der Waals surface area contributed by atoms with Crippen LogP contribution < -0.4 is 11.1 Å². The van der Waals surface area contributed by atoms with Crippen LogP contribution in [0.3, 0.4) is 0 Å².